The van der Waals surface area contributed by atoms with Crippen molar-refractivity contribution in [3.63, 3.8) is 0 Å². The molecule has 4 aromatic rings. The number of ether oxygens (including phenoxy) is 3. The summed E-state index contributed by atoms with van der Waals surface area (Å²) < 4.78 is 27.3. The maximum absolute atomic E-state index is 6.41. The van der Waals surface area contributed by atoms with Crippen LogP contribution in [0.25, 0.3) is 16.7 Å². The number of hydrogen-bond donors (Lipinski definition) is 0. The molecule has 15 rings (SSSR count). The average molecular weight is 1710 g/mol. The zero-order valence-corrected chi connectivity index (χ0v) is 86.6. The quantitative estimate of drug-likeness (QED) is 0.0651. The summed E-state index contributed by atoms with van der Waals surface area (Å²) in [7, 11) is -1.63. The van der Waals surface area contributed by atoms with Crippen molar-refractivity contribution in [2.24, 2.45) is 41.4 Å². The third-order valence-corrected chi connectivity index (χ3v) is 48.0. The Hall–Kier alpha value is -4.75. The van der Waals surface area contributed by atoms with E-state index in [2.05, 4.69) is 321 Å². The van der Waals surface area contributed by atoms with Gasteiger partial charge < -0.3 is 27.9 Å². The minimum absolute atomic E-state index is 0.0336. The van der Waals surface area contributed by atoms with Crippen LogP contribution in [-0.4, -0.2) is 86.9 Å². The Morgan fingerprint density at radius 1 is 0.385 bits per heavy atom. The molecule has 0 aromatic heterocycles. The second-order valence-corrected chi connectivity index (χ2v) is 61.7. The predicted octanol–water partition coefficient (Wildman–Crippen LogP) is 32.5. The first-order valence-electron chi connectivity index (χ1n) is 50.3. The minimum Gasteiger partial charge on any atom is -0.497 e. The van der Waals surface area contributed by atoms with Crippen molar-refractivity contribution < 1.29 is 14.2 Å². The van der Waals surface area contributed by atoms with E-state index in [1.54, 1.807) is 33.4 Å². The lowest BCUT2D eigenvalue weighted by Crippen LogP contribution is -2.67. The molecule has 10 unspecified atom stereocenters. The van der Waals surface area contributed by atoms with Gasteiger partial charge in [-0.15, -0.1) is 0 Å². The molecule has 11 aliphatic carbocycles. The van der Waals surface area contributed by atoms with E-state index < -0.39 is 24.7 Å². The standard InChI is InChI=1S/C38H55NOSi.C38H61NOSi.C37H59NOSi/c1-35(2,3)26-15-17-27(18-16-26)40-28-19-20-29-31-22-25-14-21-34(30(25)24-33(31)38(10,11)32(29)23-28)41(12,13)39(36(4,5)6)37(7,8)9;1-10-12-21-38(22-13-11-2)34-25-30(40-7)19-20-31(34)33-24-28-23-27(3)36(32(28)26-35(33)38)41(8,9)39(37(4,5)6)29-17-15-14-16-18-29;1-9-11-22-37(23-12-10-2)33-25-29(39-6)19-20-30(33)32-24-27-18-21-35(31(27)26-34(32)37)40(7,8)38(36(3,4)5)28-16-14-13-15-17-28/h15-20,22-25,30,34H,14,21H2,1-13H3;19-20,24-29,32,36H,10-18,21-23H2,1-9H3;19-20,24-28,31,35H,9-18,21-23H2,1-8H3. The highest BCUT2D eigenvalue weighted by atomic mass is 28.3. The Bertz CT molecular complexity index is 4480. The molecule has 6 nitrogen and oxygen atoms in total. The minimum atomic E-state index is -1.79. The summed E-state index contributed by atoms with van der Waals surface area (Å²) in [5.41, 5.74) is 23.4. The van der Waals surface area contributed by atoms with Gasteiger partial charge in [0.15, 0.2) is 0 Å². The fourth-order valence-corrected chi connectivity index (χ4v) is 47.3. The smallest absolute Gasteiger partial charge is 0.127 e. The van der Waals surface area contributed by atoms with Gasteiger partial charge in [-0.3, -0.25) is 0 Å². The molecular formula is C113H175N3O3Si3. The van der Waals surface area contributed by atoms with Crippen LogP contribution in [0.5, 0.6) is 23.0 Å². The molecule has 0 spiro atoms. The topological polar surface area (TPSA) is 37.4 Å². The fraction of sp³-hybridized carbons (Fsp3) is 0.681. The maximum atomic E-state index is 6.41. The van der Waals surface area contributed by atoms with E-state index in [-0.39, 0.29) is 43.8 Å². The van der Waals surface area contributed by atoms with Gasteiger partial charge in [0.05, 0.1) is 14.2 Å². The van der Waals surface area contributed by atoms with Gasteiger partial charge >= 0.3 is 0 Å². The normalized spacial score (nSPS) is 26.0. The van der Waals surface area contributed by atoms with Crippen LogP contribution in [0.1, 0.15) is 365 Å². The Morgan fingerprint density at radius 3 is 1.16 bits per heavy atom. The lowest BCUT2D eigenvalue weighted by molar-refractivity contribution is 0.122. The van der Waals surface area contributed by atoms with Gasteiger partial charge in [-0.05, 0) is 338 Å². The number of methoxy groups -OCH3 is 2. The molecule has 0 bridgehead atoms. The first kappa shape index (κ1) is 94.9. The summed E-state index contributed by atoms with van der Waals surface area (Å²) in [4.78, 5) is 0. The first-order chi connectivity index (χ1) is 57.3. The van der Waals surface area contributed by atoms with E-state index in [0.29, 0.717) is 35.5 Å². The van der Waals surface area contributed by atoms with Crippen LogP contribution >= 0.6 is 0 Å². The van der Waals surface area contributed by atoms with E-state index >= 15 is 0 Å². The molecule has 9 heteroatoms. The van der Waals surface area contributed by atoms with Crippen LogP contribution in [0.3, 0.4) is 0 Å². The zero-order valence-electron chi connectivity index (χ0n) is 83.6. The summed E-state index contributed by atoms with van der Waals surface area (Å²) in [5.74, 6) is 8.69. The summed E-state index contributed by atoms with van der Waals surface area (Å²) >= 11 is 0. The molecule has 5 fully saturated rings. The van der Waals surface area contributed by atoms with Crippen LogP contribution < -0.4 is 14.2 Å². The molecule has 11 aliphatic rings. The Balaban J connectivity index is 0.000000158. The highest BCUT2D eigenvalue weighted by molar-refractivity contribution is 6.77. The summed E-state index contributed by atoms with van der Waals surface area (Å²) in [6.45, 7) is 69.7. The van der Waals surface area contributed by atoms with Gasteiger partial charge in [0, 0.05) is 50.5 Å². The summed E-state index contributed by atoms with van der Waals surface area (Å²) in [6.07, 6.45) is 53.0. The number of benzene rings is 4. The number of nitrogens with zero attached hydrogens (tertiary/aromatic N) is 3. The Labute approximate surface area is 751 Å². The van der Waals surface area contributed by atoms with Crippen LogP contribution in [0.15, 0.2) is 132 Å². The fourth-order valence-electron chi connectivity index (χ4n) is 29.8. The molecule has 5 saturated carbocycles. The van der Waals surface area contributed by atoms with Crippen molar-refractivity contribution in [1.29, 1.82) is 0 Å². The molecule has 122 heavy (non-hydrogen) atoms. The third-order valence-electron chi connectivity index (χ3n) is 33.4. The monoisotopic (exact) mass is 1710 g/mol. The highest BCUT2D eigenvalue weighted by Crippen LogP contribution is 2.67. The second-order valence-electron chi connectivity index (χ2n) is 48.2. The van der Waals surface area contributed by atoms with Crippen molar-refractivity contribution in [3.05, 3.63) is 171 Å². The van der Waals surface area contributed by atoms with Crippen LogP contribution in [0, 0.1) is 41.4 Å². The Morgan fingerprint density at radius 2 is 0.754 bits per heavy atom. The molecule has 0 N–H and O–H groups in total. The van der Waals surface area contributed by atoms with E-state index in [1.807, 2.05) is 14.2 Å². The molecule has 10 atom stereocenters. The second kappa shape index (κ2) is 36.3. The Kier molecular flexibility index (Phi) is 28.2. The predicted molar refractivity (Wildman–Crippen MR) is 535 cm³/mol. The van der Waals surface area contributed by atoms with E-state index in [0.717, 1.165) is 57.6 Å². The van der Waals surface area contributed by atoms with Gasteiger partial charge in [-0.1, -0.05) is 278 Å². The first-order valence-corrected chi connectivity index (χ1v) is 59.4. The van der Waals surface area contributed by atoms with Crippen molar-refractivity contribution in [3.8, 4) is 23.0 Å². The third kappa shape index (κ3) is 18.1. The number of unbranched alkanes of at least 4 members (excludes halogenated alkanes) is 4. The van der Waals surface area contributed by atoms with Gasteiger partial charge in [0.25, 0.3) is 0 Å². The zero-order chi connectivity index (χ0) is 88.6. The number of rotatable bonds is 24. The van der Waals surface area contributed by atoms with Crippen LogP contribution in [0.2, 0.25) is 55.9 Å². The molecule has 672 valence electrons. The van der Waals surface area contributed by atoms with Crippen molar-refractivity contribution >= 4 is 41.4 Å². The van der Waals surface area contributed by atoms with Gasteiger partial charge in [-0.25, -0.2) is 0 Å². The number of fused-ring (bicyclic) bond motifs is 12. The molecule has 0 amide bonds. The molecule has 0 heterocycles. The largest absolute Gasteiger partial charge is 0.497 e. The summed E-state index contributed by atoms with van der Waals surface area (Å²) in [5, 5.41) is 0. The van der Waals surface area contributed by atoms with Crippen LogP contribution in [-0.2, 0) is 21.7 Å². The SMILES string of the molecule is CC(C)(C)c1ccc(Oc2ccc3c(c2)C(C)(C)C2=CC4C(C=C23)CCC4[Si](C)(C)N(C(C)(C)C)C(C)(C)C)cc1.CCCCC1(CCCC)C2=CC3C(C=C2c2ccc(OC)cc21)CC(C)C3[Si](C)(C)N(C1CCCCC1)C(C)(C)C.CCCCC1(CCCC)C2=CC3C(C=C2c2ccc(OC)cc21)CCC3[Si](C)(C)N(C1CCCCC1)C(C)(C)C. The van der Waals surface area contributed by atoms with Crippen molar-refractivity contribution in [2.75, 3.05) is 14.2 Å². The number of hydrogen-bond acceptors (Lipinski definition) is 6. The van der Waals surface area contributed by atoms with Crippen molar-refractivity contribution in [1.82, 2.24) is 13.7 Å². The highest BCUT2D eigenvalue weighted by Gasteiger charge is 2.60. The average Bonchev–Trinajstić information content (AvgIpc) is 1.55. The molecule has 0 saturated heterocycles. The van der Waals surface area contributed by atoms with Gasteiger partial charge in [0.1, 0.15) is 47.7 Å². The number of allylic oxidation sites excluding steroid dienone is 12. The van der Waals surface area contributed by atoms with E-state index in [1.165, 1.54) is 212 Å². The molecule has 4 aromatic carbocycles. The molecule has 0 aliphatic heterocycles. The van der Waals surface area contributed by atoms with E-state index in [4.69, 9.17) is 14.2 Å². The molecular weight excluding hydrogens is 1530 g/mol. The van der Waals surface area contributed by atoms with Gasteiger partial charge in [-0.2, -0.15) is 0 Å². The van der Waals surface area contributed by atoms with E-state index in [9.17, 15) is 0 Å². The lowest BCUT2D eigenvalue weighted by Gasteiger charge is -2.57. The maximum Gasteiger partial charge on any atom is 0.127 e. The van der Waals surface area contributed by atoms with Crippen LogP contribution in [0.4, 0.5) is 0 Å². The summed E-state index contributed by atoms with van der Waals surface area (Å²) in [6, 6.07) is 31.0. The van der Waals surface area contributed by atoms with Crippen molar-refractivity contribution in [2.45, 2.75) is 437 Å². The molecule has 0 radical (unpaired) electrons. The lowest BCUT2D eigenvalue weighted by atomic mass is 9.68. The van der Waals surface area contributed by atoms with Gasteiger partial charge in [0.2, 0.25) is 0 Å².